The van der Waals surface area contributed by atoms with Crippen LogP contribution in [-0.2, 0) is 11.0 Å². The molecule has 0 amide bonds. The van der Waals surface area contributed by atoms with E-state index in [4.69, 9.17) is 4.42 Å². The Morgan fingerprint density at radius 2 is 1.91 bits per heavy atom. The number of halogens is 3. The number of likely N-dealkylation sites (N-methyl/N-ethyl adjacent to an activating group) is 1. The number of benzene rings is 2. The van der Waals surface area contributed by atoms with E-state index in [1.165, 1.54) is 45.2 Å². The maximum absolute atomic E-state index is 13.1. The summed E-state index contributed by atoms with van der Waals surface area (Å²) in [5, 5.41) is 31.4. The van der Waals surface area contributed by atoms with Crippen molar-refractivity contribution in [3.05, 3.63) is 76.3 Å². The van der Waals surface area contributed by atoms with Crippen molar-refractivity contribution in [2.24, 2.45) is 0 Å². The van der Waals surface area contributed by atoms with Gasteiger partial charge in [-0.1, -0.05) is 12.1 Å². The zero-order chi connectivity index (χ0) is 25.9. The first-order valence-corrected chi connectivity index (χ1v) is 10.3. The molecule has 1 aromatic heterocycles. The monoisotopic (exact) mass is 485 g/mol. The molecule has 1 unspecified atom stereocenters. The van der Waals surface area contributed by atoms with Gasteiger partial charge in [0.15, 0.2) is 5.78 Å². The normalized spacial score (nSPS) is 13.3. The number of nitriles is 1. The Balaban J connectivity index is 2.17. The van der Waals surface area contributed by atoms with Gasteiger partial charge in [0, 0.05) is 36.5 Å². The molecule has 182 valence electrons. The molecule has 0 fully saturated rings. The minimum absolute atomic E-state index is 0.0767. The van der Waals surface area contributed by atoms with Gasteiger partial charge in [-0.3, -0.25) is 4.79 Å². The van der Waals surface area contributed by atoms with Gasteiger partial charge in [-0.15, -0.1) is 10.2 Å². The second kappa shape index (κ2) is 10.1. The number of hydroxylamine groups is 2. The molecule has 0 aliphatic carbocycles. The van der Waals surface area contributed by atoms with Gasteiger partial charge < -0.3 is 14.9 Å². The van der Waals surface area contributed by atoms with Crippen LogP contribution >= 0.6 is 0 Å². The fourth-order valence-corrected chi connectivity index (χ4v) is 3.72. The van der Waals surface area contributed by atoms with Crippen LogP contribution in [0.3, 0.4) is 0 Å². The van der Waals surface area contributed by atoms with E-state index in [0.717, 1.165) is 17.2 Å². The Labute approximate surface area is 199 Å². The SMILES string of the molecule is CC(=O)/C(=C(\C)Nc1cccc(C(F)(F)F)c1)C(c1ccc(C#N)cc1-c1nnc(C)o1)N(C)O. The molecule has 1 atom stereocenters. The van der Waals surface area contributed by atoms with Crippen LogP contribution in [0.2, 0.25) is 0 Å². The fraction of sp³-hybridized carbons (Fsp3) is 0.250. The average molecular weight is 485 g/mol. The first-order valence-electron chi connectivity index (χ1n) is 10.3. The molecule has 0 saturated carbocycles. The van der Waals surface area contributed by atoms with E-state index in [2.05, 4.69) is 15.5 Å². The van der Waals surface area contributed by atoms with Gasteiger partial charge in [-0.05, 0) is 49.7 Å². The molecule has 0 spiro atoms. The van der Waals surface area contributed by atoms with E-state index in [1.54, 1.807) is 13.0 Å². The van der Waals surface area contributed by atoms with Crippen LogP contribution in [0.25, 0.3) is 11.5 Å². The number of anilines is 1. The zero-order valence-corrected chi connectivity index (χ0v) is 19.3. The van der Waals surface area contributed by atoms with Crippen LogP contribution in [0.5, 0.6) is 0 Å². The molecule has 2 aromatic carbocycles. The van der Waals surface area contributed by atoms with Crippen molar-refractivity contribution in [2.45, 2.75) is 33.0 Å². The van der Waals surface area contributed by atoms with Crippen molar-refractivity contribution < 1.29 is 27.6 Å². The van der Waals surface area contributed by atoms with Crippen molar-refractivity contribution in [1.82, 2.24) is 15.3 Å². The molecule has 3 rings (SSSR count). The number of carbonyl (C=O) groups excluding carboxylic acids is 1. The molecular formula is C24H22F3N5O3. The average Bonchev–Trinajstić information content (AvgIpc) is 3.22. The predicted octanol–water partition coefficient (Wildman–Crippen LogP) is 5.27. The molecule has 0 aliphatic rings. The van der Waals surface area contributed by atoms with E-state index >= 15 is 0 Å². The highest BCUT2D eigenvalue weighted by atomic mass is 19.4. The smallest absolute Gasteiger partial charge is 0.416 e. The van der Waals surface area contributed by atoms with Crippen LogP contribution in [0.15, 0.2) is 58.2 Å². The van der Waals surface area contributed by atoms with Gasteiger partial charge in [0.05, 0.1) is 23.2 Å². The van der Waals surface area contributed by atoms with Crippen LogP contribution < -0.4 is 5.32 Å². The predicted molar refractivity (Wildman–Crippen MR) is 120 cm³/mol. The standard InChI is InChI=1S/C24H22F3N5O3/c1-13(29-18-7-5-6-17(11-18)24(25,26)27)21(14(2)33)22(32(4)34)19-9-8-16(12-28)10-20(19)23-31-30-15(3)35-23/h5-11,22,29,34H,1-4H3/b21-13-. The Hall–Kier alpha value is -4.01. The Morgan fingerprint density at radius 1 is 1.20 bits per heavy atom. The molecule has 0 radical (unpaired) electrons. The summed E-state index contributed by atoms with van der Waals surface area (Å²) in [6, 6.07) is 10.0. The van der Waals surface area contributed by atoms with Crippen molar-refractivity contribution in [3.8, 4) is 17.5 Å². The number of Topliss-reactive ketones (excluding diaryl/α,β-unsaturated/α-hetero) is 1. The fourth-order valence-electron chi connectivity index (χ4n) is 3.72. The quantitative estimate of drug-likeness (QED) is 0.343. The Bertz CT molecular complexity index is 1320. The second-order valence-electron chi connectivity index (χ2n) is 7.81. The number of carbonyl (C=O) groups is 1. The van der Waals surface area contributed by atoms with E-state index in [0.29, 0.717) is 11.1 Å². The lowest BCUT2D eigenvalue weighted by atomic mass is 9.89. The minimum atomic E-state index is -4.54. The summed E-state index contributed by atoms with van der Waals surface area (Å²) < 4.78 is 44.9. The number of allylic oxidation sites excluding steroid dienone is 1. The number of alkyl halides is 3. The van der Waals surface area contributed by atoms with Crippen LogP contribution in [0, 0.1) is 18.3 Å². The number of hydrogen-bond acceptors (Lipinski definition) is 8. The number of hydrogen-bond donors (Lipinski definition) is 2. The highest BCUT2D eigenvalue weighted by Crippen LogP contribution is 2.37. The zero-order valence-electron chi connectivity index (χ0n) is 19.3. The highest BCUT2D eigenvalue weighted by molar-refractivity contribution is 5.96. The van der Waals surface area contributed by atoms with Crippen LogP contribution in [0.4, 0.5) is 18.9 Å². The van der Waals surface area contributed by atoms with Gasteiger partial charge in [0.25, 0.3) is 0 Å². The summed E-state index contributed by atoms with van der Waals surface area (Å²) in [5.41, 5.74) is 0.536. The van der Waals surface area contributed by atoms with Crippen molar-refractivity contribution >= 4 is 11.5 Å². The lowest BCUT2D eigenvalue weighted by molar-refractivity contribution is -0.137. The first kappa shape index (κ1) is 25.6. The molecule has 2 N–H and O–H groups in total. The second-order valence-corrected chi connectivity index (χ2v) is 7.81. The molecular weight excluding hydrogens is 463 g/mol. The summed E-state index contributed by atoms with van der Waals surface area (Å²) >= 11 is 0. The van der Waals surface area contributed by atoms with Gasteiger partial charge >= 0.3 is 6.18 Å². The van der Waals surface area contributed by atoms with E-state index in [9.17, 15) is 28.4 Å². The maximum Gasteiger partial charge on any atom is 0.416 e. The van der Waals surface area contributed by atoms with Crippen molar-refractivity contribution in [2.75, 3.05) is 12.4 Å². The Morgan fingerprint density at radius 3 is 2.46 bits per heavy atom. The molecule has 0 aliphatic heterocycles. The highest BCUT2D eigenvalue weighted by Gasteiger charge is 2.32. The topological polar surface area (TPSA) is 115 Å². The van der Waals surface area contributed by atoms with E-state index < -0.39 is 23.6 Å². The number of aryl methyl sites for hydroxylation is 1. The van der Waals surface area contributed by atoms with Gasteiger partial charge in [-0.25, -0.2) is 0 Å². The van der Waals surface area contributed by atoms with Crippen LogP contribution in [0.1, 0.15) is 42.5 Å². The molecule has 0 saturated heterocycles. The number of nitrogens with zero attached hydrogens (tertiary/aromatic N) is 4. The number of rotatable bonds is 7. The summed E-state index contributed by atoms with van der Waals surface area (Å²) in [5.74, 6) is -0.0929. The number of aromatic nitrogens is 2. The third kappa shape index (κ3) is 5.74. The summed E-state index contributed by atoms with van der Waals surface area (Å²) in [6.07, 6.45) is -4.54. The summed E-state index contributed by atoms with van der Waals surface area (Å²) in [7, 11) is 1.33. The van der Waals surface area contributed by atoms with Crippen molar-refractivity contribution in [1.29, 1.82) is 5.26 Å². The third-order valence-electron chi connectivity index (χ3n) is 5.19. The Kier molecular flexibility index (Phi) is 7.38. The molecule has 0 bridgehead atoms. The van der Waals surface area contributed by atoms with Gasteiger partial charge in [0.2, 0.25) is 11.8 Å². The molecule has 8 nitrogen and oxygen atoms in total. The van der Waals surface area contributed by atoms with E-state index in [-0.39, 0.29) is 34.3 Å². The lowest BCUT2D eigenvalue weighted by Crippen LogP contribution is -2.28. The third-order valence-corrected chi connectivity index (χ3v) is 5.19. The number of nitrogens with one attached hydrogen (secondary N) is 1. The van der Waals surface area contributed by atoms with Gasteiger partial charge in [0.1, 0.15) is 0 Å². The van der Waals surface area contributed by atoms with Crippen LogP contribution in [-0.4, -0.2) is 33.3 Å². The summed E-state index contributed by atoms with van der Waals surface area (Å²) in [4.78, 5) is 12.8. The lowest BCUT2D eigenvalue weighted by Gasteiger charge is -2.28. The molecule has 35 heavy (non-hydrogen) atoms. The van der Waals surface area contributed by atoms with Gasteiger partial charge in [-0.2, -0.15) is 23.5 Å². The molecule has 1 heterocycles. The molecule has 3 aromatic rings. The van der Waals surface area contributed by atoms with E-state index in [1.807, 2.05) is 6.07 Å². The summed E-state index contributed by atoms with van der Waals surface area (Å²) in [6.45, 7) is 4.39. The molecule has 11 heteroatoms. The van der Waals surface area contributed by atoms with Crippen molar-refractivity contribution in [3.63, 3.8) is 0 Å². The maximum atomic E-state index is 13.1. The number of ketones is 1. The largest absolute Gasteiger partial charge is 0.421 e. The minimum Gasteiger partial charge on any atom is -0.421 e. The first-order chi connectivity index (χ1) is 16.4.